The minimum absolute atomic E-state index is 0.575. The first-order valence-corrected chi connectivity index (χ1v) is 6.46. The van der Waals surface area contributed by atoms with Crippen molar-refractivity contribution >= 4 is 22.9 Å². The molecule has 1 N–H and O–H groups in total. The van der Waals surface area contributed by atoms with Crippen molar-refractivity contribution in [1.29, 1.82) is 0 Å². The molecular formula is C12H12ClNO2S. The van der Waals surface area contributed by atoms with Gasteiger partial charge in [-0.3, -0.25) is 4.98 Å². The van der Waals surface area contributed by atoms with Gasteiger partial charge in [-0.05, 0) is 19.1 Å². The number of halogens is 1. The molecule has 0 spiro atoms. The zero-order chi connectivity index (χ0) is 12.3. The Morgan fingerprint density at radius 1 is 1.47 bits per heavy atom. The molecule has 2 aromatic rings. The van der Waals surface area contributed by atoms with Gasteiger partial charge >= 0.3 is 0 Å². The van der Waals surface area contributed by atoms with Crippen LogP contribution in [0.3, 0.4) is 0 Å². The highest BCUT2D eigenvalue weighted by Crippen LogP contribution is 2.30. The summed E-state index contributed by atoms with van der Waals surface area (Å²) in [6.45, 7) is 2.48. The van der Waals surface area contributed by atoms with E-state index in [0.717, 1.165) is 4.88 Å². The third-order valence-electron chi connectivity index (χ3n) is 2.22. The van der Waals surface area contributed by atoms with Crippen molar-refractivity contribution in [3.05, 3.63) is 45.4 Å². The van der Waals surface area contributed by atoms with Crippen LogP contribution in [0.4, 0.5) is 0 Å². The fraction of sp³-hybridized carbons (Fsp3) is 0.250. The summed E-state index contributed by atoms with van der Waals surface area (Å²) in [6.07, 6.45) is 2.54. The molecule has 0 amide bonds. The van der Waals surface area contributed by atoms with Crippen LogP contribution in [0.5, 0.6) is 5.75 Å². The van der Waals surface area contributed by atoms with Crippen LogP contribution in [0.15, 0.2) is 29.9 Å². The Labute approximate surface area is 109 Å². The topological polar surface area (TPSA) is 42.4 Å². The van der Waals surface area contributed by atoms with Crippen molar-refractivity contribution in [1.82, 2.24) is 4.98 Å². The molecule has 2 rings (SSSR count). The minimum Gasteiger partial charge on any atom is -0.492 e. The lowest BCUT2D eigenvalue weighted by atomic mass is 10.1. The molecule has 0 aliphatic carbocycles. The Morgan fingerprint density at radius 2 is 2.29 bits per heavy atom. The predicted molar refractivity (Wildman–Crippen MR) is 68.8 cm³/mol. The van der Waals surface area contributed by atoms with E-state index >= 15 is 0 Å². The molecule has 0 saturated carbocycles. The van der Waals surface area contributed by atoms with Gasteiger partial charge in [0, 0.05) is 22.0 Å². The summed E-state index contributed by atoms with van der Waals surface area (Å²) < 4.78 is 5.34. The highest BCUT2D eigenvalue weighted by molar-refractivity contribution is 7.10. The van der Waals surface area contributed by atoms with E-state index in [0.29, 0.717) is 22.9 Å². The van der Waals surface area contributed by atoms with Crippen molar-refractivity contribution < 1.29 is 9.84 Å². The van der Waals surface area contributed by atoms with Crippen molar-refractivity contribution in [2.45, 2.75) is 13.0 Å². The first-order valence-electron chi connectivity index (χ1n) is 5.20. The minimum atomic E-state index is -0.708. The van der Waals surface area contributed by atoms with Crippen molar-refractivity contribution in [3.8, 4) is 5.75 Å². The molecule has 0 bridgehead atoms. The second kappa shape index (κ2) is 5.49. The van der Waals surface area contributed by atoms with E-state index in [2.05, 4.69) is 4.98 Å². The number of aromatic nitrogens is 1. The van der Waals surface area contributed by atoms with E-state index in [9.17, 15) is 5.11 Å². The Hall–Kier alpha value is -1.10. The molecule has 0 aliphatic heterocycles. The molecule has 0 aromatic carbocycles. The largest absolute Gasteiger partial charge is 0.492 e. The molecule has 1 atom stereocenters. The zero-order valence-electron chi connectivity index (χ0n) is 9.26. The fourth-order valence-electron chi connectivity index (χ4n) is 1.47. The second-order valence-corrected chi connectivity index (χ2v) is 4.84. The van der Waals surface area contributed by atoms with Gasteiger partial charge in [0.05, 0.1) is 17.8 Å². The van der Waals surface area contributed by atoms with E-state index in [1.54, 1.807) is 29.9 Å². The van der Waals surface area contributed by atoms with Gasteiger partial charge < -0.3 is 9.84 Å². The molecule has 5 heteroatoms. The maximum Gasteiger partial charge on any atom is 0.137 e. The Balaban J connectivity index is 2.24. The highest BCUT2D eigenvalue weighted by Gasteiger charge is 2.13. The van der Waals surface area contributed by atoms with Crippen LogP contribution < -0.4 is 4.74 Å². The van der Waals surface area contributed by atoms with Gasteiger partial charge in [0.15, 0.2) is 0 Å². The van der Waals surface area contributed by atoms with E-state index in [-0.39, 0.29) is 0 Å². The van der Waals surface area contributed by atoms with Crippen LogP contribution in [0.2, 0.25) is 5.02 Å². The van der Waals surface area contributed by atoms with Crippen LogP contribution in [0.25, 0.3) is 0 Å². The van der Waals surface area contributed by atoms with E-state index < -0.39 is 6.10 Å². The SMILES string of the molecule is CCOc1cncc(C(O)c2cc(Cl)cs2)c1. The first kappa shape index (κ1) is 12.4. The van der Waals surface area contributed by atoms with Gasteiger partial charge in [0.1, 0.15) is 11.9 Å². The molecule has 0 aliphatic rings. The summed E-state index contributed by atoms with van der Waals surface area (Å²) in [4.78, 5) is 4.84. The van der Waals surface area contributed by atoms with Gasteiger partial charge in [0.25, 0.3) is 0 Å². The number of aliphatic hydroxyl groups is 1. The van der Waals surface area contributed by atoms with Gasteiger partial charge in [0.2, 0.25) is 0 Å². The van der Waals surface area contributed by atoms with E-state index in [4.69, 9.17) is 16.3 Å². The smallest absolute Gasteiger partial charge is 0.137 e. The maximum atomic E-state index is 10.2. The van der Waals surface area contributed by atoms with E-state index in [1.165, 1.54) is 11.3 Å². The van der Waals surface area contributed by atoms with Crippen LogP contribution in [0.1, 0.15) is 23.5 Å². The number of pyridine rings is 1. The van der Waals surface area contributed by atoms with Gasteiger partial charge in [-0.2, -0.15) is 0 Å². The predicted octanol–water partition coefficient (Wildman–Crippen LogP) is 3.28. The fourth-order valence-corrected chi connectivity index (χ4v) is 2.56. The van der Waals surface area contributed by atoms with Crippen LogP contribution in [0, 0.1) is 0 Å². The van der Waals surface area contributed by atoms with Crippen molar-refractivity contribution in [2.75, 3.05) is 6.61 Å². The Bertz CT molecular complexity index is 501. The number of ether oxygens (including phenoxy) is 1. The Morgan fingerprint density at radius 3 is 2.94 bits per heavy atom. The number of hydrogen-bond acceptors (Lipinski definition) is 4. The molecule has 3 nitrogen and oxygen atoms in total. The number of nitrogens with zero attached hydrogens (tertiary/aromatic N) is 1. The highest BCUT2D eigenvalue weighted by atomic mass is 35.5. The average molecular weight is 270 g/mol. The molecule has 2 heterocycles. The summed E-state index contributed by atoms with van der Waals surface area (Å²) >= 11 is 7.25. The average Bonchev–Trinajstić information content (AvgIpc) is 2.76. The molecule has 0 radical (unpaired) electrons. The molecular weight excluding hydrogens is 258 g/mol. The standard InChI is InChI=1S/C12H12ClNO2S/c1-2-16-10-3-8(5-14-6-10)12(15)11-4-9(13)7-17-11/h3-7,12,15H,2H2,1H3. The number of thiophene rings is 1. The molecule has 17 heavy (non-hydrogen) atoms. The van der Waals surface area contributed by atoms with Crippen LogP contribution >= 0.6 is 22.9 Å². The van der Waals surface area contributed by atoms with Crippen molar-refractivity contribution in [3.63, 3.8) is 0 Å². The third kappa shape index (κ3) is 2.97. The molecule has 1 unspecified atom stereocenters. The van der Waals surface area contributed by atoms with Gasteiger partial charge in [-0.25, -0.2) is 0 Å². The van der Waals surface area contributed by atoms with Crippen LogP contribution in [-0.2, 0) is 0 Å². The maximum absolute atomic E-state index is 10.2. The Kier molecular flexibility index (Phi) is 3.99. The number of aliphatic hydroxyl groups excluding tert-OH is 1. The first-order chi connectivity index (χ1) is 8.20. The second-order valence-electron chi connectivity index (χ2n) is 3.46. The van der Waals surface area contributed by atoms with Crippen LogP contribution in [-0.4, -0.2) is 16.7 Å². The summed E-state index contributed by atoms with van der Waals surface area (Å²) in [5, 5.41) is 12.6. The monoisotopic (exact) mass is 269 g/mol. The zero-order valence-corrected chi connectivity index (χ0v) is 10.8. The lowest BCUT2D eigenvalue weighted by Gasteiger charge is -2.10. The number of rotatable bonds is 4. The summed E-state index contributed by atoms with van der Waals surface area (Å²) in [6, 6.07) is 3.54. The quantitative estimate of drug-likeness (QED) is 0.926. The molecule has 2 aromatic heterocycles. The van der Waals surface area contributed by atoms with Crippen molar-refractivity contribution in [2.24, 2.45) is 0 Å². The summed E-state index contributed by atoms with van der Waals surface area (Å²) in [5.41, 5.74) is 0.703. The lowest BCUT2D eigenvalue weighted by Crippen LogP contribution is -1.99. The van der Waals surface area contributed by atoms with Gasteiger partial charge in [-0.15, -0.1) is 11.3 Å². The summed E-state index contributed by atoms with van der Waals surface area (Å²) in [7, 11) is 0. The summed E-state index contributed by atoms with van der Waals surface area (Å²) in [5.74, 6) is 0.659. The number of hydrogen-bond donors (Lipinski definition) is 1. The third-order valence-corrected chi connectivity index (χ3v) is 3.55. The molecule has 90 valence electrons. The lowest BCUT2D eigenvalue weighted by molar-refractivity contribution is 0.222. The molecule has 0 fully saturated rings. The van der Waals surface area contributed by atoms with Gasteiger partial charge in [-0.1, -0.05) is 11.6 Å². The molecule has 0 saturated heterocycles. The normalized spacial score (nSPS) is 12.4. The van der Waals surface area contributed by atoms with E-state index in [1.807, 2.05) is 6.92 Å².